The van der Waals surface area contributed by atoms with E-state index in [1.54, 1.807) is 29.6 Å². The number of sulfonamides is 1. The lowest BCUT2D eigenvalue weighted by molar-refractivity contribution is 0.603. The molecule has 7 heteroatoms. The van der Waals surface area contributed by atoms with E-state index in [0.29, 0.717) is 9.90 Å². The van der Waals surface area contributed by atoms with E-state index in [-0.39, 0.29) is 0 Å². The van der Waals surface area contributed by atoms with Crippen LogP contribution < -0.4 is 10.0 Å². The Morgan fingerprint density at radius 2 is 2.12 bits per heavy atom. The van der Waals surface area contributed by atoms with E-state index in [1.807, 2.05) is 0 Å². The summed E-state index contributed by atoms with van der Waals surface area (Å²) in [7, 11) is -3.51. The van der Waals surface area contributed by atoms with Crippen LogP contribution in [0.2, 0.25) is 0 Å². The van der Waals surface area contributed by atoms with Crippen molar-refractivity contribution in [3.05, 3.63) is 47.5 Å². The number of nitrogens with zero attached hydrogens (tertiary/aromatic N) is 1. The van der Waals surface area contributed by atoms with E-state index >= 15 is 0 Å². The number of hydrogen-bond acceptors (Lipinski definition) is 5. The molecule has 1 aliphatic carbocycles. The minimum Gasteiger partial charge on any atom is -0.370 e. The van der Waals surface area contributed by atoms with Crippen molar-refractivity contribution in [1.82, 2.24) is 4.98 Å². The quantitative estimate of drug-likeness (QED) is 0.722. The lowest BCUT2D eigenvalue weighted by Crippen LogP contribution is -2.12. The molecule has 0 aromatic carbocycles. The summed E-state index contributed by atoms with van der Waals surface area (Å²) in [6, 6.07) is 6.81. The SMILES string of the molecule is O=S(=O)(Nc1ccc(NCCC2=CCCCC2)nc1)c1cccs1. The molecule has 0 amide bonds. The molecule has 0 aliphatic heterocycles. The molecular weight excluding hydrogens is 342 g/mol. The van der Waals surface area contributed by atoms with Crippen LogP contribution in [-0.2, 0) is 10.0 Å². The van der Waals surface area contributed by atoms with Crippen molar-refractivity contribution < 1.29 is 8.42 Å². The smallest absolute Gasteiger partial charge is 0.271 e. The van der Waals surface area contributed by atoms with Crippen LogP contribution in [0.25, 0.3) is 0 Å². The molecule has 0 unspecified atom stereocenters. The third kappa shape index (κ3) is 4.58. The Hall–Kier alpha value is -1.86. The van der Waals surface area contributed by atoms with Gasteiger partial charge in [-0.15, -0.1) is 11.3 Å². The molecule has 0 fully saturated rings. The monoisotopic (exact) mass is 363 g/mol. The molecule has 0 saturated carbocycles. The van der Waals surface area contributed by atoms with Gasteiger partial charge in [-0.2, -0.15) is 0 Å². The van der Waals surface area contributed by atoms with Gasteiger partial charge in [0.15, 0.2) is 0 Å². The summed E-state index contributed by atoms with van der Waals surface area (Å²) in [6.45, 7) is 0.846. The van der Waals surface area contributed by atoms with Crippen LogP contribution in [0, 0.1) is 0 Å². The van der Waals surface area contributed by atoms with Gasteiger partial charge in [-0.05, 0) is 55.7 Å². The van der Waals surface area contributed by atoms with Gasteiger partial charge in [0.2, 0.25) is 0 Å². The Kier molecular flexibility index (Phi) is 5.52. The molecular formula is C17H21N3O2S2. The van der Waals surface area contributed by atoms with Crippen LogP contribution in [0.3, 0.4) is 0 Å². The van der Waals surface area contributed by atoms with Crippen molar-refractivity contribution in [2.75, 3.05) is 16.6 Å². The number of rotatable bonds is 7. The fourth-order valence-corrected chi connectivity index (χ4v) is 4.70. The van der Waals surface area contributed by atoms with Gasteiger partial charge in [-0.25, -0.2) is 13.4 Å². The molecule has 0 spiro atoms. The van der Waals surface area contributed by atoms with Crippen molar-refractivity contribution in [3.8, 4) is 0 Å². The fourth-order valence-electron chi connectivity index (χ4n) is 2.66. The molecule has 0 bridgehead atoms. The minimum absolute atomic E-state index is 0.297. The van der Waals surface area contributed by atoms with Crippen LogP contribution in [0.5, 0.6) is 0 Å². The Balaban J connectivity index is 1.53. The second-order valence-corrected chi connectivity index (χ2v) is 8.61. The molecule has 2 aromatic rings. The fraction of sp³-hybridized carbons (Fsp3) is 0.353. The highest BCUT2D eigenvalue weighted by molar-refractivity contribution is 7.94. The predicted octanol–water partition coefficient (Wildman–Crippen LogP) is 4.25. The average Bonchev–Trinajstić information content (AvgIpc) is 3.13. The van der Waals surface area contributed by atoms with Gasteiger partial charge in [0.1, 0.15) is 10.0 Å². The van der Waals surface area contributed by atoms with Gasteiger partial charge in [0, 0.05) is 6.54 Å². The van der Waals surface area contributed by atoms with Crippen LogP contribution in [0.1, 0.15) is 32.1 Å². The Bertz CT molecular complexity index is 782. The third-order valence-corrected chi connectivity index (χ3v) is 6.69. The van der Waals surface area contributed by atoms with E-state index in [2.05, 4.69) is 21.1 Å². The number of aromatic nitrogens is 1. The summed E-state index contributed by atoms with van der Waals surface area (Å²) in [5, 5.41) is 5.02. The first-order chi connectivity index (χ1) is 11.6. The van der Waals surface area contributed by atoms with E-state index in [9.17, 15) is 8.42 Å². The standard InChI is InChI=1S/C17H21N3O2S2/c21-24(22,17-7-4-12-23-17)20-15-8-9-16(19-13-15)18-11-10-14-5-2-1-3-6-14/h4-5,7-9,12-13,20H,1-3,6,10-11H2,(H,18,19). The van der Waals surface area contributed by atoms with Gasteiger partial charge < -0.3 is 5.32 Å². The van der Waals surface area contributed by atoms with Crippen molar-refractivity contribution in [3.63, 3.8) is 0 Å². The first-order valence-electron chi connectivity index (χ1n) is 8.08. The highest BCUT2D eigenvalue weighted by atomic mass is 32.2. The van der Waals surface area contributed by atoms with E-state index in [1.165, 1.54) is 48.8 Å². The molecule has 0 radical (unpaired) electrons. The molecule has 3 rings (SSSR count). The normalized spacial score (nSPS) is 14.9. The van der Waals surface area contributed by atoms with Gasteiger partial charge >= 0.3 is 0 Å². The molecule has 2 N–H and O–H groups in total. The van der Waals surface area contributed by atoms with Crippen LogP contribution in [-0.4, -0.2) is 19.9 Å². The summed E-state index contributed by atoms with van der Waals surface area (Å²) in [4.78, 5) is 4.27. The van der Waals surface area contributed by atoms with Crippen LogP contribution in [0.4, 0.5) is 11.5 Å². The maximum Gasteiger partial charge on any atom is 0.271 e. The largest absolute Gasteiger partial charge is 0.370 e. The number of anilines is 2. The predicted molar refractivity (Wildman–Crippen MR) is 99.0 cm³/mol. The highest BCUT2D eigenvalue weighted by Crippen LogP contribution is 2.21. The minimum atomic E-state index is -3.51. The Morgan fingerprint density at radius 3 is 2.79 bits per heavy atom. The summed E-state index contributed by atoms with van der Waals surface area (Å²) in [6.07, 6.45) is 9.93. The zero-order valence-electron chi connectivity index (χ0n) is 13.4. The summed E-state index contributed by atoms with van der Waals surface area (Å²) in [5.41, 5.74) is 1.98. The molecule has 2 heterocycles. The number of hydrogen-bond donors (Lipinski definition) is 2. The maximum atomic E-state index is 12.1. The van der Waals surface area contributed by atoms with Crippen LogP contribution in [0.15, 0.2) is 51.7 Å². The number of allylic oxidation sites excluding steroid dienone is 1. The van der Waals surface area contributed by atoms with Gasteiger partial charge in [-0.1, -0.05) is 17.7 Å². The van der Waals surface area contributed by atoms with E-state index in [4.69, 9.17) is 0 Å². The topological polar surface area (TPSA) is 71.1 Å². The zero-order chi connectivity index (χ0) is 16.8. The van der Waals surface area contributed by atoms with E-state index in [0.717, 1.165) is 18.8 Å². The van der Waals surface area contributed by atoms with E-state index < -0.39 is 10.0 Å². The first-order valence-corrected chi connectivity index (χ1v) is 10.4. The Morgan fingerprint density at radius 1 is 1.21 bits per heavy atom. The Labute approximate surface area is 146 Å². The molecule has 0 saturated heterocycles. The second kappa shape index (κ2) is 7.81. The highest BCUT2D eigenvalue weighted by Gasteiger charge is 2.15. The van der Waals surface area contributed by atoms with Crippen molar-refractivity contribution in [2.45, 2.75) is 36.3 Å². The lowest BCUT2D eigenvalue weighted by atomic mass is 9.97. The molecule has 5 nitrogen and oxygen atoms in total. The van der Waals surface area contributed by atoms with Gasteiger partial charge in [-0.3, -0.25) is 4.72 Å². The summed E-state index contributed by atoms with van der Waals surface area (Å²) >= 11 is 1.19. The average molecular weight is 364 g/mol. The van der Waals surface area contributed by atoms with Crippen molar-refractivity contribution in [1.29, 1.82) is 0 Å². The number of thiophene rings is 1. The molecule has 2 aromatic heterocycles. The summed E-state index contributed by atoms with van der Waals surface area (Å²) < 4.78 is 27.1. The number of pyridine rings is 1. The molecule has 1 aliphatic rings. The van der Waals surface area contributed by atoms with Crippen molar-refractivity contribution >= 4 is 32.9 Å². The van der Waals surface area contributed by atoms with Crippen molar-refractivity contribution in [2.24, 2.45) is 0 Å². The van der Waals surface area contributed by atoms with Gasteiger partial charge in [0.05, 0.1) is 11.9 Å². The third-order valence-electron chi connectivity index (χ3n) is 3.91. The zero-order valence-corrected chi connectivity index (χ0v) is 15.0. The maximum absolute atomic E-state index is 12.1. The molecule has 128 valence electrons. The molecule has 0 atom stereocenters. The first kappa shape index (κ1) is 17.0. The summed E-state index contributed by atoms with van der Waals surface area (Å²) in [5.74, 6) is 0.755. The second-order valence-electron chi connectivity index (χ2n) is 5.75. The van der Waals surface area contributed by atoms with Gasteiger partial charge in [0.25, 0.3) is 10.0 Å². The van der Waals surface area contributed by atoms with Crippen LogP contribution >= 0.6 is 11.3 Å². The molecule has 24 heavy (non-hydrogen) atoms. The number of nitrogens with one attached hydrogen (secondary N) is 2. The lowest BCUT2D eigenvalue weighted by Gasteiger charge is -2.13.